The molecule has 0 aliphatic heterocycles. The summed E-state index contributed by atoms with van der Waals surface area (Å²) in [5.41, 5.74) is 1.78. The number of anilines is 3. The molecule has 27 heavy (non-hydrogen) atoms. The van der Waals surface area contributed by atoms with Gasteiger partial charge in [0.1, 0.15) is 0 Å². The quantitative estimate of drug-likeness (QED) is 0.621. The second-order valence-electron chi connectivity index (χ2n) is 5.41. The van der Waals surface area contributed by atoms with Gasteiger partial charge in [0, 0.05) is 36.8 Å². The van der Waals surface area contributed by atoms with Crippen LogP contribution in [0.3, 0.4) is 0 Å². The number of benzene rings is 1. The van der Waals surface area contributed by atoms with Crippen molar-refractivity contribution in [1.29, 1.82) is 0 Å². The van der Waals surface area contributed by atoms with Crippen LogP contribution in [0.5, 0.6) is 17.2 Å². The average Bonchev–Trinajstić information content (AvgIpc) is 2.72. The maximum Gasteiger partial charge on any atom is 0.244 e. The van der Waals surface area contributed by atoms with Gasteiger partial charge in [0.25, 0.3) is 0 Å². The van der Waals surface area contributed by atoms with Crippen molar-refractivity contribution in [3.8, 4) is 17.2 Å². The van der Waals surface area contributed by atoms with E-state index in [1.165, 1.54) is 6.20 Å². The van der Waals surface area contributed by atoms with Crippen LogP contribution in [0, 0.1) is 0 Å². The van der Waals surface area contributed by atoms with Gasteiger partial charge in [-0.1, -0.05) is 0 Å². The number of hydrogen-bond donors (Lipinski definition) is 2. The topological polar surface area (TPSA) is 103 Å². The normalized spacial score (nSPS) is 10.2. The lowest BCUT2D eigenvalue weighted by Gasteiger charge is -2.15. The molecular formula is C18H20N6O3. The Bertz CT molecular complexity index is 866. The molecule has 0 bridgehead atoms. The molecule has 1 aromatic carbocycles. The Morgan fingerprint density at radius 1 is 0.963 bits per heavy atom. The number of ether oxygens (including phenoxy) is 3. The summed E-state index contributed by atoms with van der Waals surface area (Å²) in [6, 6.07) is 7.40. The highest BCUT2D eigenvalue weighted by Gasteiger charge is 2.13. The van der Waals surface area contributed by atoms with Crippen LogP contribution in [0.25, 0.3) is 0 Å². The van der Waals surface area contributed by atoms with E-state index in [-0.39, 0.29) is 0 Å². The summed E-state index contributed by atoms with van der Waals surface area (Å²) in [6.45, 7) is 0.567. The molecule has 3 rings (SSSR count). The second-order valence-corrected chi connectivity index (χ2v) is 5.41. The predicted molar refractivity (Wildman–Crippen MR) is 101 cm³/mol. The van der Waals surface area contributed by atoms with E-state index in [1.807, 2.05) is 12.1 Å². The van der Waals surface area contributed by atoms with Crippen molar-refractivity contribution < 1.29 is 14.2 Å². The molecule has 0 spiro atoms. The molecule has 0 unspecified atom stereocenters. The third kappa shape index (κ3) is 4.51. The molecule has 0 aliphatic carbocycles. The molecule has 0 atom stereocenters. The smallest absolute Gasteiger partial charge is 0.244 e. The first kappa shape index (κ1) is 18.2. The van der Waals surface area contributed by atoms with Gasteiger partial charge in [0.15, 0.2) is 17.3 Å². The number of pyridine rings is 1. The van der Waals surface area contributed by atoms with Crippen molar-refractivity contribution in [2.24, 2.45) is 0 Å². The van der Waals surface area contributed by atoms with Crippen LogP contribution < -0.4 is 24.8 Å². The lowest BCUT2D eigenvalue weighted by Crippen LogP contribution is -2.06. The van der Waals surface area contributed by atoms with Gasteiger partial charge < -0.3 is 24.8 Å². The summed E-state index contributed by atoms with van der Waals surface area (Å²) < 4.78 is 16.0. The van der Waals surface area contributed by atoms with Crippen LogP contribution in [0.15, 0.2) is 42.9 Å². The van der Waals surface area contributed by atoms with E-state index in [1.54, 1.807) is 45.9 Å². The molecule has 0 fully saturated rings. The Morgan fingerprint density at radius 2 is 1.67 bits per heavy atom. The maximum atomic E-state index is 5.36. The van der Waals surface area contributed by atoms with Crippen molar-refractivity contribution in [3.05, 3.63) is 48.4 Å². The number of rotatable bonds is 8. The van der Waals surface area contributed by atoms with Crippen LogP contribution in [0.4, 0.5) is 17.5 Å². The van der Waals surface area contributed by atoms with Crippen molar-refractivity contribution in [2.75, 3.05) is 32.0 Å². The lowest BCUT2D eigenvalue weighted by atomic mass is 10.2. The van der Waals surface area contributed by atoms with Crippen LogP contribution in [-0.2, 0) is 6.54 Å². The number of nitrogens with one attached hydrogen (secondary N) is 2. The van der Waals surface area contributed by atoms with Crippen LogP contribution in [0.2, 0.25) is 0 Å². The zero-order valence-corrected chi connectivity index (χ0v) is 15.3. The Labute approximate surface area is 156 Å². The maximum absolute atomic E-state index is 5.36. The van der Waals surface area contributed by atoms with Gasteiger partial charge in [-0.25, -0.2) is 0 Å². The first-order valence-electron chi connectivity index (χ1n) is 8.13. The molecule has 9 heteroatoms. The highest BCUT2D eigenvalue weighted by Crippen LogP contribution is 2.40. The van der Waals surface area contributed by atoms with Crippen molar-refractivity contribution >= 4 is 17.5 Å². The Morgan fingerprint density at radius 3 is 2.30 bits per heavy atom. The molecule has 0 radical (unpaired) electrons. The molecule has 0 saturated heterocycles. The highest BCUT2D eigenvalue weighted by atomic mass is 16.5. The average molecular weight is 368 g/mol. The molecule has 9 nitrogen and oxygen atoms in total. The molecular weight excluding hydrogens is 348 g/mol. The molecule has 0 aliphatic rings. The highest BCUT2D eigenvalue weighted by molar-refractivity contribution is 5.66. The van der Waals surface area contributed by atoms with Crippen LogP contribution >= 0.6 is 0 Å². The third-order valence-electron chi connectivity index (χ3n) is 3.70. The van der Waals surface area contributed by atoms with Gasteiger partial charge in [-0.05, 0) is 17.7 Å². The number of nitrogens with zero attached hydrogens (tertiary/aromatic N) is 4. The standard InChI is InChI=1S/C18H20N6O3/c1-25-14-8-13(9-15(26-2)17(14)27-3)22-16-11-21-24-18(23-16)20-10-12-4-6-19-7-5-12/h4-9,11H,10H2,1-3H3,(H2,20,22,23,24). The molecule has 0 saturated carbocycles. The second kappa shape index (κ2) is 8.65. The summed E-state index contributed by atoms with van der Waals surface area (Å²) in [6.07, 6.45) is 5.00. The first-order chi connectivity index (χ1) is 13.2. The predicted octanol–water partition coefficient (Wildman–Crippen LogP) is 2.65. The minimum absolute atomic E-state index is 0.407. The van der Waals surface area contributed by atoms with E-state index in [0.717, 1.165) is 5.56 Å². The fourth-order valence-electron chi connectivity index (χ4n) is 2.42. The van der Waals surface area contributed by atoms with E-state index in [2.05, 4.69) is 30.8 Å². The summed E-state index contributed by atoms with van der Waals surface area (Å²) >= 11 is 0. The van der Waals surface area contributed by atoms with Gasteiger partial charge in [-0.15, -0.1) is 5.10 Å². The number of aromatic nitrogens is 4. The Kier molecular flexibility index (Phi) is 5.83. The zero-order valence-electron chi connectivity index (χ0n) is 15.3. The molecule has 2 N–H and O–H groups in total. The molecule has 2 heterocycles. The number of methoxy groups -OCH3 is 3. The first-order valence-corrected chi connectivity index (χ1v) is 8.13. The monoisotopic (exact) mass is 368 g/mol. The molecule has 0 amide bonds. The minimum Gasteiger partial charge on any atom is -0.493 e. The van der Waals surface area contributed by atoms with Crippen molar-refractivity contribution in [1.82, 2.24) is 20.2 Å². The largest absolute Gasteiger partial charge is 0.493 e. The van der Waals surface area contributed by atoms with Gasteiger partial charge in [-0.3, -0.25) is 4.98 Å². The van der Waals surface area contributed by atoms with E-state index in [0.29, 0.717) is 41.2 Å². The lowest BCUT2D eigenvalue weighted by molar-refractivity contribution is 0.324. The third-order valence-corrected chi connectivity index (χ3v) is 3.70. The van der Waals surface area contributed by atoms with E-state index < -0.39 is 0 Å². The zero-order chi connectivity index (χ0) is 19.1. The molecule has 3 aromatic rings. The summed E-state index contributed by atoms with van der Waals surface area (Å²) in [7, 11) is 4.69. The summed E-state index contributed by atoms with van der Waals surface area (Å²) in [5, 5.41) is 14.3. The Balaban J connectivity index is 1.76. The van der Waals surface area contributed by atoms with Gasteiger partial charge >= 0.3 is 0 Å². The van der Waals surface area contributed by atoms with E-state index in [9.17, 15) is 0 Å². The fraction of sp³-hybridized carbons (Fsp3) is 0.222. The number of hydrogen-bond acceptors (Lipinski definition) is 9. The summed E-state index contributed by atoms with van der Waals surface area (Å²) in [4.78, 5) is 8.40. The molecule has 2 aromatic heterocycles. The van der Waals surface area contributed by atoms with Crippen LogP contribution in [0.1, 0.15) is 5.56 Å². The van der Waals surface area contributed by atoms with Gasteiger partial charge in [0.05, 0.1) is 27.5 Å². The Hall–Kier alpha value is -3.62. The van der Waals surface area contributed by atoms with Crippen LogP contribution in [-0.4, -0.2) is 41.5 Å². The minimum atomic E-state index is 0.407. The van der Waals surface area contributed by atoms with E-state index >= 15 is 0 Å². The summed E-state index contributed by atoms with van der Waals surface area (Å²) in [5.74, 6) is 2.53. The van der Waals surface area contributed by atoms with E-state index in [4.69, 9.17) is 14.2 Å². The SMILES string of the molecule is COc1cc(Nc2cnnc(NCc3ccncc3)n2)cc(OC)c1OC. The van der Waals surface area contributed by atoms with Gasteiger partial charge in [-0.2, -0.15) is 10.1 Å². The molecule has 140 valence electrons. The van der Waals surface area contributed by atoms with Gasteiger partial charge in [0.2, 0.25) is 11.7 Å². The fourth-order valence-corrected chi connectivity index (χ4v) is 2.42. The van der Waals surface area contributed by atoms with Crippen molar-refractivity contribution in [2.45, 2.75) is 6.54 Å². The van der Waals surface area contributed by atoms with Crippen molar-refractivity contribution in [3.63, 3.8) is 0 Å².